The standard InChI is InChI=1S/C26H26FN7O3S/c1-16-9-10-28-21(11-16)25(35)26-13-20(38(36,37)24-15-29-33(2)31-24)8-3-17(26)12-23-22(14-26)30-32-34(23)19-6-4-18(27)5-7-19/h4-7,9-11,15,17,20H,3,8,12-14H2,1-2H3/t17?,20-,26+/m0/s1. The van der Waals surface area contributed by atoms with E-state index in [9.17, 15) is 17.6 Å². The average Bonchev–Trinajstić information content (AvgIpc) is 3.53. The molecule has 196 valence electrons. The van der Waals surface area contributed by atoms with Crippen molar-refractivity contribution in [1.82, 2.24) is 35.0 Å². The molecule has 0 saturated heterocycles. The summed E-state index contributed by atoms with van der Waals surface area (Å²) in [6.45, 7) is 1.89. The maximum atomic E-state index is 14.3. The first kappa shape index (κ1) is 24.5. The smallest absolute Gasteiger partial charge is 0.201 e. The highest BCUT2D eigenvalue weighted by molar-refractivity contribution is 7.92. The Bertz CT molecular complexity index is 1650. The van der Waals surface area contributed by atoms with Crippen LogP contribution in [-0.4, -0.2) is 54.4 Å². The molecule has 4 aromatic rings. The number of ketones is 1. The van der Waals surface area contributed by atoms with Gasteiger partial charge in [-0.2, -0.15) is 9.90 Å². The highest BCUT2D eigenvalue weighted by Crippen LogP contribution is 2.52. The van der Waals surface area contributed by atoms with Gasteiger partial charge < -0.3 is 0 Å². The molecule has 1 unspecified atom stereocenters. The minimum atomic E-state index is -3.82. The van der Waals surface area contributed by atoms with E-state index in [0.29, 0.717) is 36.3 Å². The van der Waals surface area contributed by atoms with Crippen LogP contribution in [-0.2, 0) is 29.7 Å². The van der Waals surface area contributed by atoms with Gasteiger partial charge in [-0.1, -0.05) is 5.21 Å². The summed E-state index contributed by atoms with van der Waals surface area (Å²) in [6.07, 6.45) is 4.65. The van der Waals surface area contributed by atoms with E-state index in [0.717, 1.165) is 11.3 Å². The second kappa shape index (κ2) is 8.90. The Hall–Kier alpha value is -3.80. The zero-order chi connectivity index (χ0) is 26.7. The Labute approximate surface area is 218 Å². The number of fused-ring (bicyclic) bond motifs is 2. The van der Waals surface area contributed by atoms with Crippen LogP contribution in [0.2, 0.25) is 0 Å². The number of hydrogen-bond acceptors (Lipinski definition) is 8. The highest BCUT2D eigenvalue weighted by Gasteiger charge is 2.56. The first-order valence-electron chi connectivity index (χ1n) is 12.4. The maximum Gasteiger partial charge on any atom is 0.201 e. The van der Waals surface area contributed by atoms with Gasteiger partial charge in [-0.05, 0) is 80.5 Å². The van der Waals surface area contributed by atoms with Gasteiger partial charge in [0, 0.05) is 25.1 Å². The number of nitrogens with zero attached hydrogens (tertiary/aromatic N) is 7. The van der Waals surface area contributed by atoms with Crippen molar-refractivity contribution in [1.29, 1.82) is 0 Å². The summed E-state index contributed by atoms with van der Waals surface area (Å²) < 4.78 is 42.4. The number of sulfone groups is 1. The van der Waals surface area contributed by atoms with E-state index >= 15 is 0 Å². The molecule has 0 radical (unpaired) electrons. The molecule has 38 heavy (non-hydrogen) atoms. The molecule has 3 atom stereocenters. The third-order valence-electron chi connectivity index (χ3n) is 7.96. The van der Waals surface area contributed by atoms with Crippen LogP contribution in [0.15, 0.2) is 53.8 Å². The van der Waals surface area contributed by atoms with Crippen molar-refractivity contribution in [2.45, 2.75) is 49.3 Å². The highest BCUT2D eigenvalue weighted by atomic mass is 32.2. The second-order valence-corrected chi connectivity index (χ2v) is 12.4. The Morgan fingerprint density at radius 2 is 1.95 bits per heavy atom. The summed E-state index contributed by atoms with van der Waals surface area (Å²) in [5, 5.41) is 15.8. The number of benzene rings is 1. The van der Waals surface area contributed by atoms with E-state index in [4.69, 9.17) is 0 Å². The molecule has 0 aliphatic heterocycles. The molecule has 0 amide bonds. The van der Waals surface area contributed by atoms with Gasteiger partial charge in [0.25, 0.3) is 0 Å². The van der Waals surface area contributed by atoms with Gasteiger partial charge in [0.1, 0.15) is 11.5 Å². The normalized spacial score (nSPS) is 23.0. The van der Waals surface area contributed by atoms with Gasteiger partial charge in [-0.3, -0.25) is 9.78 Å². The molecule has 0 bridgehead atoms. The van der Waals surface area contributed by atoms with Crippen LogP contribution < -0.4 is 0 Å². The lowest BCUT2D eigenvalue weighted by Gasteiger charge is -2.47. The number of Topliss-reactive ketones (excluding diaryl/α,β-unsaturated/α-hetero) is 1. The van der Waals surface area contributed by atoms with E-state index in [1.807, 2.05) is 13.0 Å². The van der Waals surface area contributed by atoms with Crippen LogP contribution in [0.4, 0.5) is 4.39 Å². The molecule has 0 spiro atoms. The number of aryl methyl sites for hydroxylation is 2. The van der Waals surface area contributed by atoms with Crippen LogP contribution in [0.1, 0.15) is 46.7 Å². The molecule has 3 heterocycles. The predicted molar refractivity (Wildman–Crippen MR) is 134 cm³/mol. The Morgan fingerprint density at radius 1 is 1.16 bits per heavy atom. The molecule has 1 saturated carbocycles. The van der Waals surface area contributed by atoms with Gasteiger partial charge in [0.15, 0.2) is 10.8 Å². The molecule has 1 fully saturated rings. The Morgan fingerprint density at radius 3 is 2.66 bits per heavy atom. The number of halogens is 1. The predicted octanol–water partition coefficient (Wildman–Crippen LogP) is 2.85. The molecule has 0 N–H and O–H groups in total. The van der Waals surface area contributed by atoms with E-state index in [2.05, 4.69) is 25.5 Å². The summed E-state index contributed by atoms with van der Waals surface area (Å²) in [4.78, 5) is 19.8. The second-order valence-electron chi connectivity index (χ2n) is 10.3. The van der Waals surface area contributed by atoms with E-state index < -0.39 is 20.5 Å². The SMILES string of the molecule is Cc1ccnc(C(=O)[C@]23Cc4nnn(-c5ccc(F)cc5)c4CC2CC[C@H](S(=O)(=O)c2cnn(C)n2)C3)c1. The van der Waals surface area contributed by atoms with Crippen molar-refractivity contribution < 1.29 is 17.6 Å². The van der Waals surface area contributed by atoms with Crippen molar-refractivity contribution >= 4 is 15.6 Å². The van der Waals surface area contributed by atoms with E-state index in [-0.39, 0.29) is 35.4 Å². The van der Waals surface area contributed by atoms with E-state index in [1.165, 1.54) is 23.1 Å². The van der Waals surface area contributed by atoms with Crippen molar-refractivity contribution in [2.24, 2.45) is 18.4 Å². The summed E-state index contributed by atoms with van der Waals surface area (Å²) in [6, 6.07) is 9.58. The lowest BCUT2D eigenvalue weighted by molar-refractivity contribution is 0.0483. The number of aromatic nitrogens is 7. The van der Waals surface area contributed by atoms with Crippen molar-refractivity contribution in [3.05, 3.63) is 77.3 Å². The first-order chi connectivity index (χ1) is 18.2. The molecule has 12 heteroatoms. The van der Waals surface area contributed by atoms with Crippen molar-refractivity contribution in [2.75, 3.05) is 0 Å². The lowest BCUT2D eigenvalue weighted by Crippen LogP contribution is -2.51. The zero-order valence-corrected chi connectivity index (χ0v) is 21.8. The van der Waals surface area contributed by atoms with Gasteiger partial charge in [0.05, 0.1) is 28.5 Å². The van der Waals surface area contributed by atoms with Crippen LogP contribution in [0.25, 0.3) is 5.69 Å². The minimum absolute atomic E-state index is 0.0847. The zero-order valence-electron chi connectivity index (χ0n) is 21.0. The first-order valence-corrected chi connectivity index (χ1v) is 14.0. The molecule has 2 aliphatic carbocycles. The van der Waals surface area contributed by atoms with Crippen LogP contribution >= 0.6 is 0 Å². The quantitative estimate of drug-likeness (QED) is 0.357. The minimum Gasteiger partial charge on any atom is -0.292 e. The van der Waals surface area contributed by atoms with Crippen molar-refractivity contribution in [3.8, 4) is 5.69 Å². The fraction of sp³-hybridized carbons (Fsp3) is 0.385. The molecule has 1 aromatic carbocycles. The number of carbonyl (C=O) groups is 1. The summed E-state index contributed by atoms with van der Waals surface area (Å²) in [7, 11) is -2.25. The molecular formula is C26H26FN7O3S. The number of hydrogen-bond donors (Lipinski definition) is 0. The monoisotopic (exact) mass is 535 g/mol. The van der Waals surface area contributed by atoms with Crippen molar-refractivity contribution in [3.63, 3.8) is 0 Å². The van der Waals surface area contributed by atoms with Crippen LogP contribution in [0.3, 0.4) is 0 Å². The topological polar surface area (TPSA) is 126 Å². The largest absolute Gasteiger partial charge is 0.292 e. The third-order valence-corrected chi connectivity index (χ3v) is 10.0. The van der Waals surface area contributed by atoms with Crippen LogP contribution in [0.5, 0.6) is 0 Å². The molecular weight excluding hydrogens is 509 g/mol. The van der Waals surface area contributed by atoms with Gasteiger partial charge in [0.2, 0.25) is 9.84 Å². The Balaban J connectivity index is 1.43. The molecule has 6 rings (SSSR count). The molecule has 3 aromatic heterocycles. The van der Waals surface area contributed by atoms with Gasteiger partial charge in [-0.25, -0.2) is 17.5 Å². The third kappa shape index (κ3) is 3.94. The maximum absolute atomic E-state index is 14.3. The number of rotatable bonds is 5. The number of carbonyl (C=O) groups excluding carboxylic acids is 1. The van der Waals surface area contributed by atoms with Crippen LogP contribution in [0, 0.1) is 24.1 Å². The van der Waals surface area contributed by atoms with E-state index in [1.54, 1.807) is 36.1 Å². The number of pyridine rings is 1. The fourth-order valence-corrected chi connectivity index (χ4v) is 7.75. The molecule has 2 aliphatic rings. The summed E-state index contributed by atoms with van der Waals surface area (Å²) in [5.41, 5.74) is 2.38. The summed E-state index contributed by atoms with van der Waals surface area (Å²) in [5.74, 6) is -0.663. The summed E-state index contributed by atoms with van der Waals surface area (Å²) >= 11 is 0. The van der Waals surface area contributed by atoms with Gasteiger partial charge in [-0.15, -0.1) is 10.2 Å². The average molecular weight is 536 g/mol. The fourth-order valence-electron chi connectivity index (χ4n) is 6.02. The lowest BCUT2D eigenvalue weighted by atomic mass is 9.57. The van der Waals surface area contributed by atoms with Gasteiger partial charge >= 0.3 is 0 Å². The Kier molecular flexibility index (Phi) is 5.74. The molecule has 10 nitrogen and oxygen atoms in total.